The fourth-order valence-corrected chi connectivity index (χ4v) is 3.78. The third-order valence-electron chi connectivity index (χ3n) is 5.14. The van der Waals surface area contributed by atoms with E-state index >= 15 is 0 Å². The Kier molecular flexibility index (Phi) is 4.71. The standard InChI is InChI=1S/C22H16ClFN6O/c1-2-17-18(13-7-9-15(24)10-8-13)20-27-26-19-21(30(20)28-17)25-12-29(22(19)31)11-14-5-3-4-6-16(14)23/h3-10,12H,2,11H2,1H3. The molecule has 0 unspecified atom stereocenters. The van der Waals surface area contributed by atoms with Gasteiger partial charge in [0, 0.05) is 5.02 Å². The number of halogens is 2. The fraction of sp³-hybridized carbons (Fsp3) is 0.136. The van der Waals surface area contributed by atoms with Crippen molar-refractivity contribution in [2.45, 2.75) is 19.9 Å². The zero-order valence-electron chi connectivity index (χ0n) is 16.5. The molecule has 0 spiro atoms. The van der Waals surface area contributed by atoms with Crippen LogP contribution in [0.2, 0.25) is 5.02 Å². The molecule has 0 fully saturated rings. The summed E-state index contributed by atoms with van der Waals surface area (Å²) in [6.07, 6.45) is 2.08. The first-order valence-electron chi connectivity index (χ1n) is 9.69. The van der Waals surface area contributed by atoms with E-state index in [9.17, 15) is 9.18 Å². The second-order valence-electron chi connectivity index (χ2n) is 7.06. The van der Waals surface area contributed by atoms with Crippen LogP contribution < -0.4 is 5.56 Å². The fourth-order valence-electron chi connectivity index (χ4n) is 3.59. The van der Waals surface area contributed by atoms with Crippen LogP contribution in [0.15, 0.2) is 59.7 Å². The van der Waals surface area contributed by atoms with Crippen LogP contribution in [-0.2, 0) is 13.0 Å². The molecule has 0 atom stereocenters. The summed E-state index contributed by atoms with van der Waals surface area (Å²) >= 11 is 6.23. The average molecular weight is 435 g/mol. The van der Waals surface area contributed by atoms with E-state index < -0.39 is 0 Å². The Hall–Kier alpha value is -3.65. The number of aromatic nitrogens is 6. The summed E-state index contributed by atoms with van der Waals surface area (Å²) < 4.78 is 16.4. The molecule has 0 saturated heterocycles. The molecule has 7 nitrogen and oxygen atoms in total. The largest absolute Gasteiger partial charge is 0.293 e. The molecular formula is C22H16ClFN6O. The van der Waals surface area contributed by atoms with Gasteiger partial charge in [0.25, 0.3) is 5.56 Å². The molecule has 0 radical (unpaired) electrons. The van der Waals surface area contributed by atoms with Crippen LogP contribution >= 0.6 is 11.6 Å². The number of fused-ring (bicyclic) bond motifs is 3. The van der Waals surface area contributed by atoms with Gasteiger partial charge in [-0.3, -0.25) is 9.36 Å². The van der Waals surface area contributed by atoms with Gasteiger partial charge < -0.3 is 0 Å². The third kappa shape index (κ3) is 3.25. The zero-order chi connectivity index (χ0) is 21.5. The lowest BCUT2D eigenvalue weighted by atomic mass is 10.0. The molecule has 3 aromatic heterocycles. The summed E-state index contributed by atoms with van der Waals surface area (Å²) in [4.78, 5) is 17.5. The molecule has 0 N–H and O–H groups in total. The highest BCUT2D eigenvalue weighted by molar-refractivity contribution is 6.31. The lowest BCUT2D eigenvalue weighted by Gasteiger charge is -2.08. The molecule has 0 amide bonds. The quantitative estimate of drug-likeness (QED) is 0.428. The Balaban J connectivity index is 1.69. The molecular weight excluding hydrogens is 419 g/mol. The number of nitrogens with zero attached hydrogens (tertiary/aromatic N) is 6. The van der Waals surface area contributed by atoms with Crippen molar-refractivity contribution in [2.24, 2.45) is 0 Å². The van der Waals surface area contributed by atoms with E-state index in [2.05, 4.69) is 20.3 Å². The zero-order valence-corrected chi connectivity index (χ0v) is 17.2. The highest BCUT2D eigenvalue weighted by Gasteiger charge is 2.19. The Morgan fingerprint density at radius 1 is 1.03 bits per heavy atom. The van der Waals surface area contributed by atoms with Gasteiger partial charge in [-0.2, -0.15) is 9.61 Å². The van der Waals surface area contributed by atoms with Crippen molar-refractivity contribution >= 4 is 28.4 Å². The van der Waals surface area contributed by atoms with Crippen molar-refractivity contribution < 1.29 is 4.39 Å². The lowest BCUT2D eigenvalue weighted by Crippen LogP contribution is -2.23. The van der Waals surface area contributed by atoms with Gasteiger partial charge in [0.2, 0.25) is 0 Å². The van der Waals surface area contributed by atoms with Gasteiger partial charge >= 0.3 is 0 Å². The summed E-state index contributed by atoms with van der Waals surface area (Å²) in [7, 11) is 0. The maximum Gasteiger partial charge on any atom is 0.283 e. The Morgan fingerprint density at radius 2 is 1.81 bits per heavy atom. The molecule has 2 aromatic carbocycles. The molecule has 5 aromatic rings. The van der Waals surface area contributed by atoms with Crippen molar-refractivity contribution in [3.63, 3.8) is 0 Å². The minimum absolute atomic E-state index is 0.109. The van der Waals surface area contributed by atoms with Crippen LogP contribution in [0.25, 0.3) is 27.9 Å². The second-order valence-corrected chi connectivity index (χ2v) is 7.47. The molecule has 3 heterocycles. The van der Waals surface area contributed by atoms with E-state index in [0.717, 1.165) is 22.4 Å². The van der Waals surface area contributed by atoms with E-state index in [1.54, 1.807) is 18.2 Å². The van der Waals surface area contributed by atoms with Crippen LogP contribution in [0, 0.1) is 5.82 Å². The third-order valence-corrected chi connectivity index (χ3v) is 5.51. The minimum atomic E-state index is -0.337. The summed E-state index contributed by atoms with van der Waals surface area (Å²) in [5.41, 5.74) is 3.63. The highest BCUT2D eigenvalue weighted by Crippen LogP contribution is 2.28. The lowest BCUT2D eigenvalue weighted by molar-refractivity contribution is 0.628. The molecule has 0 saturated carbocycles. The van der Waals surface area contributed by atoms with Gasteiger partial charge in [-0.1, -0.05) is 48.9 Å². The van der Waals surface area contributed by atoms with Crippen molar-refractivity contribution in [1.82, 2.24) is 29.4 Å². The topological polar surface area (TPSA) is 78.0 Å². The maximum atomic E-state index is 13.4. The molecule has 5 rings (SSSR count). The number of benzene rings is 2. The average Bonchev–Trinajstić information content (AvgIpc) is 3.16. The highest BCUT2D eigenvalue weighted by atomic mass is 35.5. The Bertz CT molecular complexity index is 1490. The minimum Gasteiger partial charge on any atom is -0.293 e. The summed E-state index contributed by atoms with van der Waals surface area (Å²) in [5.74, 6) is -0.324. The molecule has 31 heavy (non-hydrogen) atoms. The van der Waals surface area contributed by atoms with E-state index in [1.165, 1.54) is 27.5 Å². The Morgan fingerprint density at radius 3 is 2.55 bits per heavy atom. The van der Waals surface area contributed by atoms with Gasteiger partial charge in [-0.15, -0.1) is 10.2 Å². The van der Waals surface area contributed by atoms with Crippen molar-refractivity contribution in [3.05, 3.63) is 87.3 Å². The smallest absolute Gasteiger partial charge is 0.283 e. The normalized spacial score (nSPS) is 11.5. The van der Waals surface area contributed by atoms with Crippen LogP contribution in [0.5, 0.6) is 0 Å². The van der Waals surface area contributed by atoms with Gasteiger partial charge in [0.15, 0.2) is 16.8 Å². The van der Waals surface area contributed by atoms with Crippen molar-refractivity contribution in [1.29, 1.82) is 0 Å². The van der Waals surface area contributed by atoms with E-state index in [-0.39, 0.29) is 23.4 Å². The maximum absolute atomic E-state index is 13.4. The first-order chi connectivity index (χ1) is 15.1. The van der Waals surface area contributed by atoms with E-state index in [1.807, 2.05) is 25.1 Å². The summed E-state index contributed by atoms with van der Waals surface area (Å²) in [6.45, 7) is 2.23. The molecule has 0 aliphatic heterocycles. The van der Waals surface area contributed by atoms with Gasteiger partial charge in [-0.05, 0) is 35.7 Å². The number of hydrogen-bond acceptors (Lipinski definition) is 5. The molecule has 0 aliphatic rings. The SMILES string of the molecule is CCc1nn2c(nnc3c(=O)n(Cc4ccccc4Cl)cnc32)c1-c1ccc(F)cc1. The van der Waals surface area contributed by atoms with Crippen LogP contribution in [0.4, 0.5) is 4.39 Å². The molecule has 0 bridgehead atoms. The Labute approximate surface area is 180 Å². The number of rotatable bonds is 4. The first kappa shape index (κ1) is 19.3. The predicted octanol–water partition coefficient (Wildman–Crippen LogP) is 3.90. The van der Waals surface area contributed by atoms with Gasteiger partial charge in [0.05, 0.1) is 17.8 Å². The monoisotopic (exact) mass is 434 g/mol. The number of hydrogen-bond donors (Lipinski definition) is 0. The van der Waals surface area contributed by atoms with E-state index in [0.29, 0.717) is 22.7 Å². The summed E-state index contributed by atoms with van der Waals surface area (Å²) in [5, 5.41) is 13.6. The van der Waals surface area contributed by atoms with Gasteiger partial charge in [0.1, 0.15) is 12.1 Å². The molecule has 0 aliphatic carbocycles. The van der Waals surface area contributed by atoms with Crippen molar-refractivity contribution in [2.75, 3.05) is 0 Å². The first-order valence-corrected chi connectivity index (χ1v) is 10.1. The van der Waals surface area contributed by atoms with E-state index in [4.69, 9.17) is 11.6 Å². The second kappa shape index (κ2) is 7.55. The van der Waals surface area contributed by atoms with Crippen LogP contribution in [0.1, 0.15) is 18.2 Å². The molecule has 154 valence electrons. The van der Waals surface area contributed by atoms with Crippen molar-refractivity contribution in [3.8, 4) is 11.1 Å². The number of aryl methyl sites for hydroxylation is 1. The summed E-state index contributed by atoms with van der Waals surface area (Å²) in [6, 6.07) is 13.4. The predicted molar refractivity (Wildman–Crippen MR) is 116 cm³/mol. The van der Waals surface area contributed by atoms with Crippen LogP contribution in [0.3, 0.4) is 0 Å². The van der Waals surface area contributed by atoms with Gasteiger partial charge in [-0.25, -0.2) is 9.37 Å². The van der Waals surface area contributed by atoms with Crippen LogP contribution in [-0.4, -0.2) is 29.4 Å². The molecule has 9 heteroatoms.